The van der Waals surface area contributed by atoms with E-state index in [1.54, 1.807) is 0 Å². The molecule has 30 heavy (non-hydrogen) atoms. The molecule has 1 amide bonds. The molecule has 7 heteroatoms. The molecule has 0 radical (unpaired) electrons. The van der Waals surface area contributed by atoms with Crippen molar-refractivity contribution in [2.75, 3.05) is 37.7 Å². The van der Waals surface area contributed by atoms with E-state index in [1.807, 2.05) is 50.3 Å². The minimum Gasteiger partial charge on any atom is -0.493 e. The summed E-state index contributed by atoms with van der Waals surface area (Å²) in [6.45, 7) is 7.89. The first-order chi connectivity index (χ1) is 14.5. The van der Waals surface area contributed by atoms with Crippen LogP contribution in [0.2, 0.25) is 5.02 Å². The van der Waals surface area contributed by atoms with Gasteiger partial charge in [-0.2, -0.15) is 4.99 Å². The van der Waals surface area contributed by atoms with Crippen molar-refractivity contribution in [3.8, 4) is 5.75 Å². The summed E-state index contributed by atoms with van der Waals surface area (Å²) in [6.07, 6.45) is 1.87. The summed E-state index contributed by atoms with van der Waals surface area (Å²) in [7, 11) is 0. The molecule has 4 rings (SSSR count). The van der Waals surface area contributed by atoms with Crippen LogP contribution in [-0.2, 0) is 4.79 Å². The lowest BCUT2D eigenvalue weighted by molar-refractivity contribution is -0.113. The lowest BCUT2D eigenvalue weighted by Crippen LogP contribution is -2.47. The van der Waals surface area contributed by atoms with Crippen molar-refractivity contribution in [1.29, 1.82) is 0 Å². The van der Waals surface area contributed by atoms with Gasteiger partial charge in [-0.15, -0.1) is 0 Å². The number of amides is 1. The number of thioether (sulfide) groups is 1. The molecule has 2 aliphatic heterocycles. The maximum Gasteiger partial charge on any atom is 0.286 e. The zero-order chi connectivity index (χ0) is 21.1. The number of piperazine rings is 1. The van der Waals surface area contributed by atoms with E-state index in [0.29, 0.717) is 11.5 Å². The highest BCUT2D eigenvalue weighted by atomic mass is 35.5. The number of carbonyl (C=O) groups excluding carboxylic acids is 1. The minimum atomic E-state index is -0.186. The molecule has 2 aromatic carbocycles. The van der Waals surface area contributed by atoms with E-state index in [0.717, 1.165) is 58.9 Å². The zero-order valence-corrected chi connectivity index (χ0v) is 18.7. The molecular weight excluding hydrogens is 418 g/mol. The molecule has 2 aliphatic rings. The highest BCUT2D eigenvalue weighted by Gasteiger charge is 2.28. The molecule has 0 saturated carbocycles. The average molecular weight is 442 g/mol. The molecule has 1 saturated heterocycles. The van der Waals surface area contributed by atoms with Gasteiger partial charge in [-0.1, -0.05) is 35.9 Å². The summed E-state index contributed by atoms with van der Waals surface area (Å²) in [5.74, 6) is 0.591. The minimum absolute atomic E-state index is 0.186. The fourth-order valence-electron chi connectivity index (χ4n) is 3.50. The molecule has 2 aromatic rings. The molecule has 0 aliphatic carbocycles. The van der Waals surface area contributed by atoms with Gasteiger partial charge in [0.1, 0.15) is 5.75 Å². The monoisotopic (exact) mass is 441 g/mol. The highest BCUT2D eigenvalue weighted by molar-refractivity contribution is 8.18. The summed E-state index contributed by atoms with van der Waals surface area (Å²) < 4.78 is 5.67. The Bertz CT molecular complexity index is 1010. The molecular formula is C23H24ClN3O2S. The fraction of sp³-hybridized carbons (Fsp3) is 0.304. The number of halogens is 1. The molecule has 1 fully saturated rings. The van der Waals surface area contributed by atoms with Gasteiger partial charge in [0, 0.05) is 42.5 Å². The third-order valence-electron chi connectivity index (χ3n) is 5.19. The Morgan fingerprint density at radius 3 is 2.60 bits per heavy atom. The SMILES string of the molecule is CCOc1ccccc1/C=C1/SC(N2CCN(c3ccc(C)c(Cl)c3)CC2)=NC1=O. The number of para-hydroxylation sites is 1. The van der Waals surface area contributed by atoms with Crippen LogP contribution in [0, 0.1) is 6.92 Å². The summed E-state index contributed by atoms with van der Waals surface area (Å²) in [5.41, 5.74) is 3.11. The maximum atomic E-state index is 12.5. The van der Waals surface area contributed by atoms with E-state index in [2.05, 4.69) is 26.9 Å². The predicted molar refractivity (Wildman–Crippen MR) is 126 cm³/mol. The predicted octanol–water partition coefficient (Wildman–Crippen LogP) is 4.84. The van der Waals surface area contributed by atoms with E-state index in [9.17, 15) is 4.79 Å². The standard InChI is InChI=1S/C23H24ClN3O2S/c1-3-29-20-7-5-4-6-17(20)14-21-22(28)25-23(30-21)27-12-10-26(11-13-27)18-9-8-16(2)19(24)15-18/h4-9,14-15H,3,10-13H2,1-2H3/b21-14+. The molecule has 5 nitrogen and oxygen atoms in total. The lowest BCUT2D eigenvalue weighted by atomic mass is 10.2. The number of carbonyl (C=O) groups is 1. The number of aliphatic imine (C=N–C) groups is 1. The Labute approximate surface area is 186 Å². The smallest absolute Gasteiger partial charge is 0.286 e. The zero-order valence-electron chi connectivity index (χ0n) is 17.1. The first kappa shape index (κ1) is 20.8. The molecule has 0 bridgehead atoms. The largest absolute Gasteiger partial charge is 0.493 e. The number of aryl methyl sites for hydroxylation is 1. The average Bonchev–Trinajstić information content (AvgIpc) is 3.12. The summed E-state index contributed by atoms with van der Waals surface area (Å²) in [5, 5.41) is 1.57. The van der Waals surface area contributed by atoms with Crippen LogP contribution in [-0.4, -0.2) is 48.8 Å². The van der Waals surface area contributed by atoms with E-state index in [4.69, 9.17) is 16.3 Å². The number of rotatable bonds is 4. The Kier molecular flexibility index (Phi) is 6.35. The fourth-order valence-corrected chi connectivity index (χ4v) is 4.63. The number of ether oxygens (including phenoxy) is 1. The Morgan fingerprint density at radius 1 is 1.13 bits per heavy atom. The number of amidine groups is 1. The third kappa shape index (κ3) is 4.50. The van der Waals surface area contributed by atoms with Crippen LogP contribution in [0.3, 0.4) is 0 Å². The Hall–Kier alpha value is -2.44. The van der Waals surface area contributed by atoms with Crippen molar-refractivity contribution in [1.82, 2.24) is 4.90 Å². The van der Waals surface area contributed by atoms with Crippen molar-refractivity contribution in [3.63, 3.8) is 0 Å². The van der Waals surface area contributed by atoms with Gasteiger partial charge in [0.2, 0.25) is 0 Å². The van der Waals surface area contributed by atoms with Crippen LogP contribution in [0.4, 0.5) is 5.69 Å². The van der Waals surface area contributed by atoms with Crippen LogP contribution in [0.1, 0.15) is 18.1 Å². The number of hydrogen-bond donors (Lipinski definition) is 0. The molecule has 156 valence electrons. The van der Waals surface area contributed by atoms with Crippen molar-refractivity contribution in [2.24, 2.45) is 4.99 Å². The van der Waals surface area contributed by atoms with E-state index in [1.165, 1.54) is 11.8 Å². The number of nitrogens with zero attached hydrogens (tertiary/aromatic N) is 3. The van der Waals surface area contributed by atoms with Gasteiger partial charge in [0.25, 0.3) is 5.91 Å². The van der Waals surface area contributed by atoms with E-state index in [-0.39, 0.29) is 5.91 Å². The van der Waals surface area contributed by atoms with Crippen LogP contribution in [0.5, 0.6) is 5.75 Å². The maximum absolute atomic E-state index is 12.5. The number of benzene rings is 2. The van der Waals surface area contributed by atoms with Crippen LogP contribution >= 0.6 is 23.4 Å². The van der Waals surface area contributed by atoms with Crippen LogP contribution in [0.15, 0.2) is 52.4 Å². The second-order valence-corrected chi connectivity index (χ2v) is 8.60. The Balaban J connectivity index is 1.41. The van der Waals surface area contributed by atoms with Gasteiger partial charge >= 0.3 is 0 Å². The molecule has 2 heterocycles. The first-order valence-corrected chi connectivity index (χ1v) is 11.2. The van der Waals surface area contributed by atoms with Crippen LogP contribution < -0.4 is 9.64 Å². The lowest BCUT2D eigenvalue weighted by Gasteiger charge is -2.36. The van der Waals surface area contributed by atoms with Gasteiger partial charge in [0.05, 0.1) is 11.5 Å². The summed E-state index contributed by atoms with van der Waals surface area (Å²) in [6, 6.07) is 13.9. The molecule has 0 atom stereocenters. The number of hydrogen-bond acceptors (Lipinski definition) is 5. The quantitative estimate of drug-likeness (QED) is 0.635. The van der Waals surface area contributed by atoms with Gasteiger partial charge in [0.15, 0.2) is 5.17 Å². The second kappa shape index (κ2) is 9.14. The van der Waals surface area contributed by atoms with Crippen molar-refractivity contribution in [3.05, 3.63) is 63.5 Å². The third-order valence-corrected chi connectivity index (χ3v) is 6.64. The van der Waals surface area contributed by atoms with E-state index >= 15 is 0 Å². The first-order valence-electron chi connectivity index (χ1n) is 10.1. The van der Waals surface area contributed by atoms with Crippen molar-refractivity contribution >= 4 is 46.2 Å². The van der Waals surface area contributed by atoms with Gasteiger partial charge in [-0.3, -0.25) is 4.79 Å². The van der Waals surface area contributed by atoms with Crippen LogP contribution in [0.25, 0.3) is 6.08 Å². The molecule has 0 N–H and O–H groups in total. The molecule has 0 unspecified atom stereocenters. The van der Waals surface area contributed by atoms with Gasteiger partial charge < -0.3 is 14.5 Å². The second-order valence-electron chi connectivity index (χ2n) is 7.19. The molecule has 0 spiro atoms. The Morgan fingerprint density at radius 2 is 1.87 bits per heavy atom. The van der Waals surface area contributed by atoms with Crippen molar-refractivity contribution < 1.29 is 9.53 Å². The summed E-state index contributed by atoms with van der Waals surface area (Å²) in [4.78, 5) is 21.9. The summed E-state index contributed by atoms with van der Waals surface area (Å²) >= 11 is 7.72. The highest BCUT2D eigenvalue weighted by Crippen LogP contribution is 2.33. The topological polar surface area (TPSA) is 45.1 Å². The number of anilines is 1. The molecule has 0 aromatic heterocycles. The van der Waals surface area contributed by atoms with Gasteiger partial charge in [-0.05, 0) is 55.4 Å². The van der Waals surface area contributed by atoms with E-state index < -0.39 is 0 Å². The normalized spacial score (nSPS) is 18.2. The van der Waals surface area contributed by atoms with Gasteiger partial charge in [-0.25, -0.2) is 0 Å². The van der Waals surface area contributed by atoms with Crippen molar-refractivity contribution in [2.45, 2.75) is 13.8 Å².